The van der Waals surface area contributed by atoms with E-state index < -0.39 is 0 Å². The van der Waals surface area contributed by atoms with E-state index in [0.717, 1.165) is 26.2 Å². The Balaban J connectivity index is 1.95. The molecule has 1 fully saturated rings. The van der Waals surface area contributed by atoms with E-state index in [2.05, 4.69) is 42.3 Å². The minimum absolute atomic E-state index is 0.148. The summed E-state index contributed by atoms with van der Waals surface area (Å²) in [4.78, 5) is 16.4. The molecule has 1 aromatic rings. The van der Waals surface area contributed by atoms with E-state index >= 15 is 0 Å². The molecule has 0 bridgehead atoms. The predicted molar refractivity (Wildman–Crippen MR) is 102 cm³/mol. The number of aryl methyl sites for hydroxylation is 1. The molecule has 0 unspecified atom stereocenters. The number of alkyl halides is 1. The van der Waals surface area contributed by atoms with Crippen LogP contribution in [0.25, 0.3) is 0 Å². The van der Waals surface area contributed by atoms with Gasteiger partial charge in [0.15, 0.2) is 0 Å². The van der Waals surface area contributed by atoms with Crippen LogP contribution in [0, 0.1) is 25.2 Å². The van der Waals surface area contributed by atoms with Crippen molar-refractivity contribution in [2.45, 2.75) is 20.3 Å². The molecule has 1 heterocycles. The van der Waals surface area contributed by atoms with Crippen LogP contribution in [0.4, 0.5) is 5.69 Å². The zero-order chi connectivity index (χ0) is 18.2. The first kappa shape index (κ1) is 19.1. The summed E-state index contributed by atoms with van der Waals surface area (Å²) in [5.74, 6) is 0.163. The molecule has 1 aliphatic heterocycles. The topological polar surface area (TPSA) is 59.4 Å². The second kappa shape index (κ2) is 9.33. The van der Waals surface area contributed by atoms with Crippen LogP contribution in [0.1, 0.15) is 17.5 Å². The monoisotopic (exact) mass is 360 g/mol. The van der Waals surface area contributed by atoms with Crippen molar-refractivity contribution in [3.63, 3.8) is 0 Å². The van der Waals surface area contributed by atoms with Crippen LogP contribution in [-0.4, -0.2) is 49.4 Å². The SMILES string of the molecule is Cc1cccc(N2CCN(/C=C(/C#N)C(=O)NCCCCl)CC2)c1C. The fourth-order valence-corrected chi connectivity index (χ4v) is 2.99. The van der Waals surface area contributed by atoms with E-state index in [1.807, 2.05) is 11.0 Å². The highest BCUT2D eigenvalue weighted by Crippen LogP contribution is 2.24. The highest BCUT2D eigenvalue weighted by atomic mass is 35.5. The highest BCUT2D eigenvalue weighted by Gasteiger charge is 2.18. The Kier molecular flexibility index (Phi) is 7.15. The second-order valence-electron chi connectivity index (χ2n) is 6.20. The van der Waals surface area contributed by atoms with Crippen molar-refractivity contribution in [2.24, 2.45) is 0 Å². The largest absolute Gasteiger partial charge is 0.373 e. The third-order valence-corrected chi connectivity index (χ3v) is 4.77. The van der Waals surface area contributed by atoms with Crippen molar-refractivity contribution in [2.75, 3.05) is 43.5 Å². The number of amides is 1. The maximum atomic E-state index is 12.0. The number of hydrogen-bond donors (Lipinski definition) is 1. The van der Waals surface area contributed by atoms with Crippen molar-refractivity contribution >= 4 is 23.2 Å². The Bertz CT molecular complexity index is 672. The number of anilines is 1. The highest BCUT2D eigenvalue weighted by molar-refractivity contribution is 6.17. The summed E-state index contributed by atoms with van der Waals surface area (Å²) in [7, 11) is 0. The Labute approximate surface area is 154 Å². The fraction of sp³-hybridized carbons (Fsp3) is 0.474. The Hall–Kier alpha value is -2.19. The first-order chi connectivity index (χ1) is 12.1. The molecule has 2 rings (SSSR count). The maximum Gasteiger partial charge on any atom is 0.263 e. The molecule has 6 heteroatoms. The number of carbonyl (C=O) groups excluding carboxylic acids is 1. The summed E-state index contributed by atoms with van der Waals surface area (Å²) in [5, 5.41) is 12.0. The minimum Gasteiger partial charge on any atom is -0.373 e. The average molecular weight is 361 g/mol. The van der Waals surface area contributed by atoms with Gasteiger partial charge in [0.2, 0.25) is 0 Å². The summed E-state index contributed by atoms with van der Waals surface area (Å²) in [6, 6.07) is 8.36. The smallest absolute Gasteiger partial charge is 0.263 e. The number of nitrogens with one attached hydrogen (secondary N) is 1. The van der Waals surface area contributed by atoms with Crippen molar-refractivity contribution in [1.29, 1.82) is 5.26 Å². The van der Waals surface area contributed by atoms with Crippen molar-refractivity contribution in [1.82, 2.24) is 10.2 Å². The summed E-state index contributed by atoms with van der Waals surface area (Å²) in [6.07, 6.45) is 2.37. The molecule has 1 saturated heterocycles. The zero-order valence-corrected chi connectivity index (χ0v) is 15.6. The van der Waals surface area contributed by atoms with Gasteiger partial charge in [-0.3, -0.25) is 4.79 Å². The van der Waals surface area contributed by atoms with Gasteiger partial charge < -0.3 is 15.1 Å². The van der Waals surface area contributed by atoms with E-state index in [1.165, 1.54) is 16.8 Å². The average Bonchev–Trinajstić information content (AvgIpc) is 2.62. The Morgan fingerprint density at radius 3 is 2.68 bits per heavy atom. The molecule has 134 valence electrons. The van der Waals surface area contributed by atoms with Gasteiger partial charge in [-0.05, 0) is 37.5 Å². The molecule has 5 nitrogen and oxygen atoms in total. The summed E-state index contributed by atoms with van der Waals surface area (Å²) in [5.41, 5.74) is 4.01. The molecule has 0 spiro atoms. The van der Waals surface area contributed by atoms with E-state index in [0.29, 0.717) is 18.8 Å². The number of carbonyl (C=O) groups is 1. The normalized spacial score (nSPS) is 15.0. The standard InChI is InChI=1S/C19H25ClN4O/c1-15-5-3-6-18(16(15)2)24-11-9-23(10-12-24)14-17(13-21)19(25)22-8-4-7-20/h3,5-6,14H,4,7-12H2,1-2H3,(H,22,25)/b17-14-. The second-order valence-corrected chi connectivity index (χ2v) is 6.57. The number of rotatable bonds is 6. The molecule has 1 N–H and O–H groups in total. The van der Waals surface area contributed by atoms with Crippen LogP contribution in [0.3, 0.4) is 0 Å². The molecule has 0 aromatic heterocycles. The first-order valence-electron chi connectivity index (χ1n) is 8.58. The number of halogens is 1. The summed E-state index contributed by atoms with van der Waals surface area (Å²) < 4.78 is 0. The quantitative estimate of drug-likeness (QED) is 0.366. The van der Waals surface area contributed by atoms with Crippen LogP contribution in [0.5, 0.6) is 0 Å². The minimum atomic E-state index is -0.329. The van der Waals surface area contributed by atoms with E-state index in [-0.39, 0.29) is 11.5 Å². The number of benzene rings is 1. The van der Waals surface area contributed by atoms with Gasteiger partial charge >= 0.3 is 0 Å². The summed E-state index contributed by atoms with van der Waals surface area (Å²) in [6.45, 7) is 8.07. The van der Waals surface area contributed by atoms with Crippen LogP contribution in [-0.2, 0) is 4.79 Å². The lowest BCUT2D eigenvalue weighted by Gasteiger charge is -2.36. The number of hydrogen-bond acceptors (Lipinski definition) is 4. The van der Waals surface area contributed by atoms with E-state index in [1.54, 1.807) is 6.20 Å². The van der Waals surface area contributed by atoms with Gasteiger partial charge in [-0.15, -0.1) is 11.6 Å². The van der Waals surface area contributed by atoms with Gasteiger partial charge in [0, 0.05) is 50.5 Å². The molecule has 0 aliphatic carbocycles. The zero-order valence-electron chi connectivity index (χ0n) is 14.9. The van der Waals surface area contributed by atoms with Gasteiger partial charge in [-0.1, -0.05) is 12.1 Å². The molecule has 0 saturated carbocycles. The molecular formula is C19H25ClN4O. The van der Waals surface area contributed by atoms with Crippen molar-refractivity contribution in [3.8, 4) is 6.07 Å². The van der Waals surface area contributed by atoms with Crippen molar-refractivity contribution < 1.29 is 4.79 Å². The van der Waals surface area contributed by atoms with E-state index in [9.17, 15) is 10.1 Å². The molecule has 1 aromatic carbocycles. The first-order valence-corrected chi connectivity index (χ1v) is 9.11. The van der Waals surface area contributed by atoms with Gasteiger partial charge in [-0.25, -0.2) is 0 Å². The Morgan fingerprint density at radius 2 is 2.04 bits per heavy atom. The molecule has 1 amide bonds. The van der Waals surface area contributed by atoms with Gasteiger partial charge in [0.25, 0.3) is 5.91 Å². The van der Waals surface area contributed by atoms with Gasteiger partial charge in [0.1, 0.15) is 11.6 Å². The lowest BCUT2D eigenvalue weighted by atomic mass is 10.1. The lowest BCUT2D eigenvalue weighted by Crippen LogP contribution is -2.44. The Morgan fingerprint density at radius 1 is 1.32 bits per heavy atom. The fourth-order valence-electron chi connectivity index (χ4n) is 2.85. The lowest BCUT2D eigenvalue weighted by molar-refractivity contribution is -0.117. The van der Waals surface area contributed by atoms with Crippen LogP contribution in [0.2, 0.25) is 0 Å². The van der Waals surface area contributed by atoms with Gasteiger partial charge in [0.05, 0.1) is 0 Å². The third-order valence-electron chi connectivity index (χ3n) is 4.50. The van der Waals surface area contributed by atoms with Crippen LogP contribution < -0.4 is 10.2 Å². The van der Waals surface area contributed by atoms with Crippen LogP contribution in [0.15, 0.2) is 30.0 Å². The molecule has 0 atom stereocenters. The maximum absolute atomic E-state index is 12.0. The molecule has 25 heavy (non-hydrogen) atoms. The van der Waals surface area contributed by atoms with Gasteiger partial charge in [-0.2, -0.15) is 5.26 Å². The van der Waals surface area contributed by atoms with Crippen molar-refractivity contribution in [3.05, 3.63) is 41.1 Å². The molecule has 0 radical (unpaired) electrons. The predicted octanol–water partition coefficient (Wildman–Crippen LogP) is 2.58. The number of piperazine rings is 1. The number of nitrogens with zero attached hydrogens (tertiary/aromatic N) is 3. The van der Waals surface area contributed by atoms with E-state index in [4.69, 9.17) is 11.6 Å². The third kappa shape index (κ3) is 5.14. The summed E-state index contributed by atoms with van der Waals surface area (Å²) >= 11 is 5.60. The van der Waals surface area contributed by atoms with Crippen LogP contribution >= 0.6 is 11.6 Å². The molecule has 1 aliphatic rings. The molecular weight excluding hydrogens is 336 g/mol. The number of nitriles is 1.